The van der Waals surface area contributed by atoms with Crippen LogP contribution in [0.5, 0.6) is 0 Å². The van der Waals surface area contributed by atoms with E-state index in [2.05, 4.69) is 5.10 Å². The number of pyridine rings is 1. The Morgan fingerprint density at radius 3 is 2.68 bits per heavy atom. The average molecular weight is 374 g/mol. The predicted octanol–water partition coefficient (Wildman–Crippen LogP) is 2.51. The normalized spacial score (nSPS) is 20.7. The third kappa shape index (κ3) is 2.76. The summed E-state index contributed by atoms with van der Waals surface area (Å²) in [7, 11) is 1.82. The molecule has 1 saturated heterocycles. The van der Waals surface area contributed by atoms with Gasteiger partial charge in [-0.05, 0) is 24.5 Å². The number of benzene rings is 1. The van der Waals surface area contributed by atoms with Crippen LogP contribution in [-0.4, -0.2) is 38.2 Å². The standard InChI is InChI=1S/C22H22N4O2/c1-24-20(11-18(23-24)16-6-3-2-4-7-16)22(28)25-12-15-10-17(14-25)19-8-5-9-21(27)26(19)13-15/h2-9,11,15,17H,10,12-14H2,1H3. The smallest absolute Gasteiger partial charge is 0.272 e. The molecule has 2 bridgehead atoms. The minimum absolute atomic E-state index is 0.0126. The molecule has 2 aliphatic rings. The molecule has 6 heteroatoms. The van der Waals surface area contributed by atoms with Crippen molar-refractivity contribution in [1.82, 2.24) is 19.2 Å². The van der Waals surface area contributed by atoms with Crippen molar-refractivity contribution in [1.29, 1.82) is 0 Å². The Labute approximate surface area is 163 Å². The second kappa shape index (κ2) is 6.48. The van der Waals surface area contributed by atoms with Crippen LogP contribution in [0.15, 0.2) is 59.4 Å². The van der Waals surface area contributed by atoms with Crippen LogP contribution in [0.2, 0.25) is 0 Å². The quantitative estimate of drug-likeness (QED) is 0.692. The van der Waals surface area contributed by atoms with Crippen LogP contribution in [-0.2, 0) is 13.6 Å². The van der Waals surface area contributed by atoms with Crippen LogP contribution in [0.25, 0.3) is 11.3 Å². The highest BCUT2D eigenvalue weighted by Crippen LogP contribution is 2.35. The van der Waals surface area contributed by atoms with Crippen LogP contribution in [0.1, 0.15) is 28.5 Å². The molecule has 1 aromatic carbocycles. The largest absolute Gasteiger partial charge is 0.336 e. The molecule has 4 heterocycles. The first-order valence-electron chi connectivity index (χ1n) is 9.68. The van der Waals surface area contributed by atoms with Crippen molar-refractivity contribution in [3.8, 4) is 11.3 Å². The van der Waals surface area contributed by atoms with Crippen molar-refractivity contribution in [3.05, 3.63) is 76.3 Å². The Balaban J connectivity index is 1.43. The van der Waals surface area contributed by atoms with Crippen LogP contribution in [0, 0.1) is 5.92 Å². The molecule has 0 saturated carbocycles. The molecule has 3 aromatic rings. The van der Waals surface area contributed by atoms with Crippen LogP contribution < -0.4 is 5.56 Å². The minimum atomic E-state index is 0.0126. The summed E-state index contributed by atoms with van der Waals surface area (Å²) >= 11 is 0. The number of fused-ring (bicyclic) bond motifs is 4. The molecular formula is C22H22N4O2. The maximum absolute atomic E-state index is 13.3. The van der Waals surface area contributed by atoms with Gasteiger partial charge in [0, 0.05) is 49.9 Å². The Kier molecular flexibility index (Phi) is 3.93. The molecule has 1 amide bonds. The van der Waals surface area contributed by atoms with E-state index in [9.17, 15) is 9.59 Å². The number of nitrogens with zero attached hydrogens (tertiary/aromatic N) is 4. The van der Waals surface area contributed by atoms with Crippen LogP contribution in [0.3, 0.4) is 0 Å². The lowest BCUT2D eigenvalue weighted by Gasteiger charge is -2.42. The Hall–Kier alpha value is -3.15. The monoisotopic (exact) mass is 374 g/mol. The Morgan fingerprint density at radius 2 is 1.86 bits per heavy atom. The lowest BCUT2D eigenvalue weighted by molar-refractivity contribution is 0.0584. The van der Waals surface area contributed by atoms with Crippen molar-refractivity contribution in [3.63, 3.8) is 0 Å². The maximum atomic E-state index is 13.3. The molecule has 0 N–H and O–H groups in total. The summed E-state index contributed by atoms with van der Waals surface area (Å²) in [5.74, 6) is 0.544. The highest BCUT2D eigenvalue weighted by molar-refractivity contribution is 5.94. The number of carbonyl (C=O) groups is 1. The second-order valence-corrected chi connectivity index (χ2v) is 7.81. The maximum Gasteiger partial charge on any atom is 0.272 e. The van der Waals surface area contributed by atoms with Gasteiger partial charge in [-0.2, -0.15) is 5.10 Å². The van der Waals surface area contributed by atoms with Gasteiger partial charge < -0.3 is 9.47 Å². The number of hydrogen-bond acceptors (Lipinski definition) is 3. The molecule has 2 aliphatic heterocycles. The number of carbonyl (C=O) groups excluding carboxylic acids is 1. The third-order valence-corrected chi connectivity index (χ3v) is 5.94. The number of aryl methyl sites for hydroxylation is 1. The fourth-order valence-corrected chi connectivity index (χ4v) is 4.64. The topological polar surface area (TPSA) is 60.1 Å². The van der Waals surface area contributed by atoms with Crippen molar-refractivity contribution >= 4 is 5.91 Å². The van der Waals surface area contributed by atoms with E-state index in [1.54, 1.807) is 10.7 Å². The van der Waals surface area contributed by atoms with Gasteiger partial charge in [0.15, 0.2) is 0 Å². The van der Waals surface area contributed by atoms with E-state index in [0.29, 0.717) is 31.2 Å². The summed E-state index contributed by atoms with van der Waals surface area (Å²) in [6.45, 7) is 2.02. The average Bonchev–Trinajstić information content (AvgIpc) is 3.10. The highest BCUT2D eigenvalue weighted by Gasteiger charge is 2.37. The summed E-state index contributed by atoms with van der Waals surface area (Å²) < 4.78 is 3.56. The van der Waals surface area contributed by atoms with E-state index in [-0.39, 0.29) is 17.4 Å². The fourth-order valence-electron chi connectivity index (χ4n) is 4.64. The molecule has 6 nitrogen and oxygen atoms in total. The number of amides is 1. The van der Waals surface area contributed by atoms with Crippen LogP contribution in [0.4, 0.5) is 0 Å². The first-order chi connectivity index (χ1) is 13.6. The predicted molar refractivity (Wildman–Crippen MR) is 106 cm³/mol. The van der Waals surface area contributed by atoms with E-state index in [4.69, 9.17) is 0 Å². The molecule has 0 spiro atoms. The van der Waals surface area contributed by atoms with Crippen molar-refractivity contribution in [2.75, 3.05) is 13.1 Å². The third-order valence-electron chi connectivity index (χ3n) is 5.94. The SMILES string of the molecule is Cn1nc(-c2ccccc2)cc1C(=O)N1CC2CC(C1)c1cccc(=O)n1C2. The molecule has 142 valence electrons. The molecule has 0 radical (unpaired) electrons. The second-order valence-electron chi connectivity index (χ2n) is 7.81. The van der Waals surface area contributed by atoms with Gasteiger partial charge in [-0.3, -0.25) is 14.3 Å². The van der Waals surface area contributed by atoms with Crippen molar-refractivity contribution < 1.29 is 4.79 Å². The number of likely N-dealkylation sites (tertiary alicyclic amines) is 1. The first-order valence-corrected chi connectivity index (χ1v) is 9.68. The van der Waals surface area contributed by atoms with Gasteiger partial charge >= 0.3 is 0 Å². The molecule has 0 aliphatic carbocycles. The first kappa shape index (κ1) is 17.0. The van der Waals surface area contributed by atoms with Crippen LogP contribution >= 0.6 is 0 Å². The zero-order valence-corrected chi connectivity index (χ0v) is 15.8. The molecule has 1 fully saturated rings. The summed E-state index contributed by atoms with van der Waals surface area (Å²) in [4.78, 5) is 27.4. The molecular weight excluding hydrogens is 352 g/mol. The van der Waals surface area contributed by atoms with E-state index in [0.717, 1.165) is 23.4 Å². The van der Waals surface area contributed by atoms with Gasteiger partial charge in [0.2, 0.25) is 0 Å². The van der Waals surface area contributed by atoms with Gasteiger partial charge in [-0.25, -0.2) is 0 Å². The molecule has 28 heavy (non-hydrogen) atoms. The Bertz CT molecular complexity index is 1100. The minimum Gasteiger partial charge on any atom is -0.336 e. The lowest BCUT2D eigenvalue weighted by atomic mass is 9.83. The van der Waals surface area contributed by atoms with E-state index in [1.807, 2.05) is 65.0 Å². The van der Waals surface area contributed by atoms with E-state index in [1.165, 1.54) is 0 Å². The molecule has 2 unspecified atom stereocenters. The number of rotatable bonds is 2. The number of piperidine rings is 1. The van der Waals surface area contributed by atoms with Gasteiger partial charge in [0.25, 0.3) is 11.5 Å². The summed E-state index contributed by atoms with van der Waals surface area (Å²) in [6, 6.07) is 17.2. The highest BCUT2D eigenvalue weighted by atomic mass is 16.2. The molecule has 2 aromatic heterocycles. The molecule has 5 rings (SSSR count). The zero-order valence-electron chi connectivity index (χ0n) is 15.8. The lowest BCUT2D eigenvalue weighted by Crippen LogP contribution is -2.49. The number of aromatic nitrogens is 3. The van der Waals surface area contributed by atoms with E-state index >= 15 is 0 Å². The number of hydrogen-bond donors (Lipinski definition) is 0. The van der Waals surface area contributed by atoms with Gasteiger partial charge in [-0.15, -0.1) is 0 Å². The summed E-state index contributed by atoms with van der Waals surface area (Å²) in [6.07, 6.45) is 1.04. The van der Waals surface area contributed by atoms with Gasteiger partial charge in [-0.1, -0.05) is 36.4 Å². The molecule has 2 atom stereocenters. The van der Waals surface area contributed by atoms with E-state index < -0.39 is 0 Å². The van der Waals surface area contributed by atoms with Gasteiger partial charge in [0.05, 0.1) is 5.69 Å². The summed E-state index contributed by atoms with van der Waals surface area (Å²) in [5.41, 5.74) is 3.52. The fraction of sp³-hybridized carbons (Fsp3) is 0.318. The van der Waals surface area contributed by atoms with Crippen molar-refractivity contribution in [2.24, 2.45) is 13.0 Å². The summed E-state index contributed by atoms with van der Waals surface area (Å²) in [5, 5.41) is 4.54. The van der Waals surface area contributed by atoms with Crippen molar-refractivity contribution in [2.45, 2.75) is 18.9 Å². The van der Waals surface area contributed by atoms with Gasteiger partial charge in [0.1, 0.15) is 5.69 Å². The zero-order chi connectivity index (χ0) is 19.3. The Morgan fingerprint density at radius 1 is 1.04 bits per heavy atom.